The number of imidazole rings is 1. The second-order valence-electron chi connectivity index (χ2n) is 4.88. The molecule has 0 saturated heterocycles. The van der Waals surface area contributed by atoms with E-state index in [2.05, 4.69) is 9.97 Å². The minimum atomic E-state index is 0.0174. The van der Waals surface area contributed by atoms with E-state index >= 15 is 0 Å². The Hall–Kier alpha value is -2.49. The first-order valence-electron chi connectivity index (χ1n) is 6.48. The molecule has 4 nitrogen and oxygen atoms in total. The number of ketones is 1. The van der Waals surface area contributed by atoms with E-state index in [4.69, 9.17) is 0 Å². The van der Waals surface area contributed by atoms with Gasteiger partial charge in [0.15, 0.2) is 11.4 Å². The molecular formula is C16H15N3O. The van der Waals surface area contributed by atoms with Crippen molar-refractivity contribution in [3.8, 4) is 11.4 Å². The van der Waals surface area contributed by atoms with Crippen LogP contribution in [0.15, 0.2) is 36.4 Å². The van der Waals surface area contributed by atoms with Crippen LogP contribution in [0, 0.1) is 6.92 Å². The van der Waals surface area contributed by atoms with Gasteiger partial charge in [0, 0.05) is 18.2 Å². The molecule has 100 valence electrons. The number of aromatic nitrogens is 3. The van der Waals surface area contributed by atoms with Gasteiger partial charge in [-0.05, 0) is 19.9 Å². The van der Waals surface area contributed by atoms with Crippen molar-refractivity contribution in [1.82, 2.24) is 14.5 Å². The molecule has 0 aliphatic carbocycles. The summed E-state index contributed by atoms with van der Waals surface area (Å²) in [5.41, 5.74) is 3.96. The zero-order valence-electron chi connectivity index (χ0n) is 11.7. The summed E-state index contributed by atoms with van der Waals surface area (Å²) in [5, 5.41) is 0. The molecule has 0 aliphatic rings. The predicted octanol–water partition coefficient (Wildman–Crippen LogP) is 3.15. The molecule has 3 aromatic rings. The monoisotopic (exact) mass is 265 g/mol. The van der Waals surface area contributed by atoms with E-state index in [-0.39, 0.29) is 5.78 Å². The van der Waals surface area contributed by atoms with Gasteiger partial charge in [0.1, 0.15) is 11.3 Å². The summed E-state index contributed by atoms with van der Waals surface area (Å²) in [4.78, 5) is 20.7. The molecule has 0 spiro atoms. The topological polar surface area (TPSA) is 47.8 Å². The van der Waals surface area contributed by atoms with Crippen LogP contribution in [0.25, 0.3) is 22.6 Å². The fourth-order valence-electron chi connectivity index (χ4n) is 2.40. The summed E-state index contributed by atoms with van der Waals surface area (Å²) >= 11 is 0. The highest BCUT2D eigenvalue weighted by atomic mass is 16.1. The number of carbonyl (C=O) groups is 1. The molecule has 0 aliphatic heterocycles. The zero-order chi connectivity index (χ0) is 14.3. The minimum absolute atomic E-state index is 0.0174. The Labute approximate surface area is 117 Å². The maximum absolute atomic E-state index is 11.6. The number of carbonyl (C=O) groups excluding carboxylic acids is 1. The normalized spacial score (nSPS) is 10.9. The van der Waals surface area contributed by atoms with Crippen molar-refractivity contribution in [1.29, 1.82) is 0 Å². The van der Waals surface area contributed by atoms with E-state index in [0.29, 0.717) is 5.56 Å². The highest BCUT2D eigenvalue weighted by Crippen LogP contribution is 2.24. The average Bonchev–Trinajstić information content (AvgIpc) is 2.76. The Morgan fingerprint density at radius 1 is 1.15 bits per heavy atom. The Morgan fingerprint density at radius 3 is 2.50 bits per heavy atom. The SMILES string of the molecule is CC(=O)c1cc2nc(-c3ccccc3)n(C)c2nc1C. The van der Waals surface area contributed by atoms with E-state index in [1.54, 1.807) is 6.92 Å². The van der Waals surface area contributed by atoms with Crippen molar-refractivity contribution >= 4 is 16.9 Å². The van der Waals surface area contributed by atoms with Crippen LogP contribution in [0.3, 0.4) is 0 Å². The molecule has 0 fully saturated rings. The van der Waals surface area contributed by atoms with Gasteiger partial charge in [-0.3, -0.25) is 4.79 Å². The second-order valence-corrected chi connectivity index (χ2v) is 4.88. The number of pyridine rings is 1. The fraction of sp³-hybridized carbons (Fsp3) is 0.188. The summed E-state index contributed by atoms with van der Waals surface area (Å²) in [6, 6.07) is 11.8. The highest BCUT2D eigenvalue weighted by molar-refractivity contribution is 5.97. The first-order chi connectivity index (χ1) is 9.58. The van der Waals surface area contributed by atoms with Crippen LogP contribution in [0.4, 0.5) is 0 Å². The van der Waals surface area contributed by atoms with E-state index in [0.717, 1.165) is 28.2 Å². The molecule has 0 atom stereocenters. The van der Waals surface area contributed by atoms with Gasteiger partial charge in [-0.25, -0.2) is 9.97 Å². The molecule has 0 amide bonds. The smallest absolute Gasteiger partial charge is 0.161 e. The molecule has 4 heteroatoms. The Balaban J connectivity index is 2.28. The summed E-state index contributed by atoms with van der Waals surface area (Å²) in [5.74, 6) is 0.872. The van der Waals surface area contributed by atoms with E-state index in [1.165, 1.54) is 0 Å². The van der Waals surface area contributed by atoms with Crippen molar-refractivity contribution in [2.24, 2.45) is 7.05 Å². The number of rotatable bonds is 2. The minimum Gasteiger partial charge on any atom is -0.312 e. The summed E-state index contributed by atoms with van der Waals surface area (Å²) < 4.78 is 1.96. The lowest BCUT2D eigenvalue weighted by Gasteiger charge is -2.03. The van der Waals surface area contributed by atoms with Gasteiger partial charge in [0.2, 0.25) is 0 Å². The Morgan fingerprint density at radius 2 is 1.85 bits per heavy atom. The van der Waals surface area contributed by atoms with Crippen molar-refractivity contribution in [2.75, 3.05) is 0 Å². The van der Waals surface area contributed by atoms with Gasteiger partial charge in [-0.1, -0.05) is 30.3 Å². The van der Waals surface area contributed by atoms with Crippen molar-refractivity contribution < 1.29 is 4.79 Å². The molecule has 0 saturated carbocycles. The lowest BCUT2D eigenvalue weighted by Crippen LogP contribution is -2.00. The van der Waals surface area contributed by atoms with Crippen molar-refractivity contribution in [3.05, 3.63) is 47.7 Å². The van der Waals surface area contributed by atoms with Gasteiger partial charge in [-0.15, -0.1) is 0 Å². The fourth-order valence-corrected chi connectivity index (χ4v) is 2.40. The largest absolute Gasteiger partial charge is 0.312 e. The summed E-state index contributed by atoms with van der Waals surface area (Å²) in [6.45, 7) is 3.41. The molecular weight excluding hydrogens is 250 g/mol. The zero-order valence-corrected chi connectivity index (χ0v) is 11.7. The van der Waals surface area contributed by atoms with E-state index < -0.39 is 0 Å². The highest BCUT2D eigenvalue weighted by Gasteiger charge is 2.14. The number of fused-ring (bicyclic) bond motifs is 1. The number of hydrogen-bond acceptors (Lipinski definition) is 3. The lowest BCUT2D eigenvalue weighted by atomic mass is 10.1. The molecule has 1 aromatic carbocycles. The van der Waals surface area contributed by atoms with Crippen molar-refractivity contribution in [2.45, 2.75) is 13.8 Å². The van der Waals surface area contributed by atoms with Crippen LogP contribution < -0.4 is 0 Å². The van der Waals surface area contributed by atoms with Crippen LogP contribution in [-0.4, -0.2) is 20.3 Å². The number of hydrogen-bond donors (Lipinski definition) is 0. The van der Waals surface area contributed by atoms with Gasteiger partial charge in [-0.2, -0.15) is 0 Å². The van der Waals surface area contributed by atoms with E-state index in [1.807, 2.05) is 54.9 Å². The lowest BCUT2D eigenvalue weighted by molar-refractivity contribution is 0.101. The first-order valence-corrected chi connectivity index (χ1v) is 6.48. The molecule has 0 unspecified atom stereocenters. The molecule has 2 aromatic heterocycles. The Bertz CT molecular complexity index is 803. The van der Waals surface area contributed by atoms with Crippen LogP contribution >= 0.6 is 0 Å². The van der Waals surface area contributed by atoms with E-state index in [9.17, 15) is 4.79 Å². The maximum atomic E-state index is 11.6. The molecule has 2 heterocycles. The van der Waals surface area contributed by atoms with Crippen LogP contribution in [-0.2, 0) is 7.05 Å². The number of benzene rings is 1. The van der Waals surface area contributed by atoms with Crippen LogP contribution in [0.1, 0.15) is 23.0 Å². The first kappa shape index (κ1) is 12.5. The van der Waals surface area contributed by atoms with Gasteiger partial charge in [0.05, 0.1) is 5.69 Å². The molecule has 3 rings (SSSR count). The third-order valence-corrected chi connectivity index (χ3v) is 3.45. The number of Topliss-reactive ketones (excluding diaryl/α,β-unsaturated/α-hetero) is 1. The van der Waals surface area contributed by atoms with Crippen LogP contribution in [0.2, 0.25) is 0 Å². The van der Waals surface area contributed by atoms with Crippen LogP contribution in [0.5, 0.6) is 0 Å². The number of nitrogens with zero attached hydrogens (tertiary/aromatic N) is 3. The summed E-state index contributed by atoms with van der Waals surface area (Å²) in [6.07, 6.45) is 0. The Kier molecular flexibility index (Phi) is 2.86. The second kappa shape index (κ2) is 4.56. The van der Waals surface area contributed by atoms with Gasteiger partial charge in [0.25, 0.3) is 0 Å². The summed E-state index contributed by atoms with van der Waals surface area (Å²) in [7, 11) is 1.94. The van der Waals surface area contributed by atoms with Gasteiger partial charge >= 0.3 is 0 Å². The van der Waals surface area contributed by atoms with Crippen molar-refractivity contribution in [3.63, 3.8) is 0 Å². The molecule has 20 heavy (non-hydrogen) atoms. The van der Waals surface area contributed by atoms with Gasteiger partial charge < -0.3 is 4.57 Å². The number of aryl methyl sites for hydroxylation is 2. The maximum Gasteiger partial charge on any atom is 0.161 e. The third kappa shape index (κ3) is 1.90. The predicted molar refractivity (Wildman–Crippen MR) is 78.7 cm³/mol. The molecule has 0 N–H and O–H groups in total. The third-order valence-electron chi connectivity index (χ3n) is 3.45. The molecule has 0 bridgehead atoms. The standard InChI is InChI=1S/C16H15N3O/c1-10-13(11(2)20)9-14-16(17-10)19(3)15(18-14)12-7-5-4-6-8-12/h4-9H,1-3H3. The quantitative estimate of drug-likeness (QED) is 0.669. The average molecular weight is 265 g/mol. The molecule has 0 radical (unpaired) electrons.